The minimum absolute atomic E-state index is 0.309. The molecule has 0 aliphatic heterocycles. The number of nitrogens with one attached hydrogen (secondary N) is 2. The van der Waals surface area contributed by atoms with Crippen molar-refractivity contribution in [2.24, 2.45) is 0 Å². The third-order valence-electron chi connectivity index (χ3n) is 3.47. The molecule has 0 fully saturated rings. The molecule has 2 N–H and O–H groups in total. The third kappa shape index (κ3) is 3.99. The standard InChI is InChI=1S/C19H12F2N4O/c20-16-6-5-15(9-17(16)21)24-18-7-4-13(11-23-18)19(26)25-14-3-1-2-12(8-14)10-22/h1-9,11H,(H,23,24)(H,25,26). The Morgan fingerprint density at radius 3 is 2.54 bits per heavy atom. The van der Waals surface area contributed by atoms with Gasteiger partial charge in [-0.1, -0.05) is 6.07 Å². The van der Waals surface area contributed by atoms with Crippen LogP contribution in [0.25, 0.3) is 0 Å². The molecule has 1 amide bonds. The first kappa shape index (κ1) is 17.0. The fraction of sp³-hybridized carbons (Fsp3) is 0. The lowest BCUT2D eigenvalue weighted by molar-refractivity contribution is 0.102. The van der Waals surface area contributed by atoms with E-state index in [9.17, 15) is 13.6 Å². The van der Waals surface area contributed by atoms with E-state index in [0.29, 0.717) is 28.3 Å². The molecule has 0 bridgehead atoms. The van der Waals surface area contributed by atoms with E-state index in [1.165, 1.54) is 12.3 Å². The van der Waals surface area contributed by atoms with Crippen LogP contribution in [-0.2, 0) is 0 Å². The predicted molar refractivity (Wildman–Crippen MR) is 93.0 cm³/mol. The number of rotatable bonds is 4. The van der Waals surface area contributed by atoms with Crippen molar-refractivity contribution >= 4 is 23.1 Å². The van der Waals surface area contributed by atoms with Crippen molar-refractivity contribution in [1.29, 1.82) is 5.26 Å². The number of pyridine rings is 1. The first-order chi connectivity index (χ1) is 12.5. The van der Waals surface area contributed by atoms with Crippen LogP contribution in [0.5, 0.6) is 0 Å². The number of carbonyl (C=O) groups excluding carboxylic acids is 1. The molecule has 0 radical (unpaired) electrons. The van der Waals surface area contributed by atoms with Crippen molar-refractivity contribution in [3.63, 3.8) is 0 Å². The van der Waals surface area contributed by atoms with Gasteiger partial charge in [0.05, 0.1) is 17.2 Å². The molecule has 3 rings (SSSR count). The summed E-state index contributed by atoms with van der Waals surface area (Å²) in [6.45, 7) is 0. The van der Waals surface area contributed by atoms with Gasteiger partial charge in [0.1, 0.15) is 5.82 Å². The Balaban J connectivity index is 1.69. The molecule has 0 unspecified atom stereocenters. The fourth-order valence-electron chi connectivity index (χ4n) is 2.19. The number of nitrogens with zero attached hydrogens (tertiary/aromatic N) is 2. The second-order valence-corrected chi connectivity index (χ2v) is 5.33. The zero-order valence-electron chi connectivity index (χ0n) is 13.3. The zero-order chi connectivity index (χ0) is 18.5. The Morgan fingerprint density at radius 2 is 1.85 bits per heavy atom. The summed E-state index contributed by atoms with van der Waals surface area (Å²) in [7, 11) is 0. The van der Waals surface area contributed by atoms with Crippen molar-refractivity contribution in [1.82, 2.24) is 4.98 Å². The Kier molecular flexibility index (Phi) is 4.85. The molecule has 128 valence electrons. The number of hydrogen-bond donors (Lipinski definition) is 2. The van der Waals surface area contributed by atoms with Crippen LogP contribution in [0.3, 0.4) is 0 Å². The highest BCUT2D eigenvalue weighted by Crippen LogP contribution is 2.18. The van der Waals surface area contributed by atoms with Gasteiger partial charge in [-0.2, -0.15) is 5.26 Å². The number of carbonyl (C=O) groups is 1. The average molecular weight is 350 g/mol. The van der Waals surface area contributed by atoms with Crippen molar-refractivity contribution < 1.29 is 13.6 Å². The highest BCUT2D eigenvalue weighted by Gasteiger charge is 2.08. The zero-order valence-corrected chi connectivity index (χ0v) is 13.3. The van der Waals surface area contributed by atoms with Gasteiger partial charge in [0.15, 0.2) is 11.6 Å². The smallest absolute Gasteiger partial charge is 0.257 e. The fourth-order valence-corrected chi connectivity index (χ4v) is 2.19. The molecular weight excluding hydrogens is 338 g/mol. The topological polar surface area (TPSA) is 77.8 Å². The minimum Gasteiger partial charge on any atom is -0.340 e. The van der Waals surface area contributed by atoms with E-state index in [0.717, 1.165) is 12.1 Å². The van der Waals surface area contributed by atoms with Crippen LogP contribution in [0.2, 0.25) is 0 Å². The van der Waals surface area contributed by atoms with Gasteiger partial charge in [0.25, 0.3) is 5.91 Å². The number of halogens is 2. The van der Waals surface area contributed by atoms with Gasteiger partial charge in [-0.05, 0) is 42.5 Å². The van der Waals surface area contributed by atoms with E-state index >= 15 is 0 Å². The van der Waals surface area contributed by atoms with E-state index in [-0.39, 0.29) is 5.91 Å². The quantitative estimate of drug-likeness (QED) is 0.738. The highest BCUT2D eigenvalue weighted by atomic mass is 19.2. The maximum Gasteiger partial charge on any atom is 0.257 e. The maximum absolute atomic E-state index is 13.2. The second-order valence-electron chi connectivity index (χ2n) is 5.33. The number of nitriles is 1. The van der Waals surface area contributed by atoms with Gasteiger partial charge in [0, 0.05) is 23.6 Å². The Bertz CT molecular complexity index is 997. The molecule has 1 heterocycles. The van der Waals surface area contributed by atoms with E-state index in [1.54, 1.807) is 36.4 Å². The molecule has 0 aliphatic rings. The molecule has 0 saturated carbocycles. The van der Waals surface area contributed by atoms with Gasteiger partial charge in [-0.15, -0.1) is 0 Å². The normalized spacial score (nSPS) is 10.0. The predicted octanol–water partition coefficient (Wildman–Crippen LogP) is 4.23. The molecule has 0 atom stereocenters. The molecule has 26 heavy (non-hydrogen) atoms. The SMILES string of the molecule is N#Cc1cccc(NC(=O)c2ccc(Nc3ccc(F)c(F)c3)nc2)c1. The largest absolute Gasteiger partial charge is 0.340 e. The van der Waals surface area contributed by atoms with E-state index in [2.05, 4.69) is 15.6 Å². The molecule has 3 aromatic rings. The minimum atomic E-state index is -0.967. The lowest BCUT2D eigenvalue weighted by atomic mass is 10.2. The Morgan fingerprint density at radius 1 is 1.00 bits per heavy atom. The molecule has 0 spiro atoms. The highest BCUT2D eigenvalue weighted by molar-refractivity contribution is 6.04. The van der Waals surface area contributed by atoms with Crippen molar-refractivity contribution in [2.45, 2.75) is 0 Å². The van der Waals surface area contributed by atoms with Crippen LogP contribution in [0, 0.1) is 23.0 Å². The summed E-state index contributed by atoms with van der Waals surface area (Å²) >= 11 is 0. The molecule has 0 aliphatic carbocycles. The van der Waals surface area contributed by atoms with Crippen LogP contribution in [-0.4, -0.2) is 10.9 Å². The monoisotopic (exact) mass is 350 g/mol. The number of benzene rings is 2. The van der Waals surface area contributed by atoms with Crippen LogP contribution in [0.1, 0.15) is 15.9 Å². The first-order valence-electron chi connectivity index (χ1n) is 7.55. The number of hydrogen-bond acceptors (Lipinski definition) is 4. The number of amides is 1. The van der Waals surface area contributed by atoms with Crippen molar-refractivity contribution in [3.8, 4) is 6.07 Å². The van der Waals surface area contributed by atoms with Gasteiger partial charge in [0.2, 0.25) is 0 Å². The summed E-state index contributed by atoms with van der Waals surface area (Å²) in [4.78, 5) is 16.3. The van der Waals surface area contributed by atoms with Crippen LogP contribution in [0.4, 0.5) is 26.0 Å². The molecule has 7 heteroatoms. The average Bonchev–Trinajstić information content (AvgIpc) is 2.65. The summed E-state index contributed by atoms with van der Waals surface area (Å²) in [6.07, 6.45) is 1.35. The molecule has 2 aromatic carbocycles. The first-order valence-corrected chi connectivity index (χ1v) is 7.55. The summed E-state index contributed by atoms with van der Waals surface area (Å²) in [5.41, 5.74) is 1.58. The van der Waals surface area contributed by atoms with Crippen LogP contribution < -0.4 is 10.6 Å². The molecule has 5 nitrogen and oxygen atoms in total. The molecular formula is C19H12F2N4O. The lowest BCUT2D eigenvalue weighted by Gasteiger charge is -2.08. The summed E-state index contributed by atoms with van der Waals surface area (Å²) in [5, 5.41) is 14.4. The van der Waals surface area contributed by atoms with Gasteiger partial charge >= 0.3 is 0 Å². The Labute approximate surface area is 147 Å². The molecule has 1 aromatic heterocycles. The van der Waals surface area contributed by atoms with Crippen molar-refractivity contribution in [2.75, 3.05) is 10.6 Å². The van der Waals surface area contributed by atoms with E-state index in [1.807, 2.05) is 6.07 Å². The van der Waals surface area contributed by atoms with Crippen LogP contribution >= 0.6 is 0 Å². The Hall–Kier alpha value is -3.79. The van der Waals surface area contributed by atoms with Crippen LogP contribution in [0.15, 0.2) is 60.8 Å². The molecule has 0 saturated heterocycles. The van der Waals surface area contributed by atoms with E-state index in [4.69, 9.17) is 5.26 Å². The second kappa shape index (κ2) is 7.40. The number of aromatic nitrogens is 1. The van der Waals surface area contributed by atoms with Crippen molar-refractivity contribution in [3.05, 3.63) is 83.6 Å². The summed E-state index contributed by atoms with van der Waals surface area (Å²) < 4.78 is 26.1. The van der Waals surface area contributed by atoms with Gasteiger partial charge in [-0.25, -0.2) is 13.8 Å². The lowest BCUT2D eigenvalue weighted by Crippen LogP contribution is -2.12. The maximum atomic E-state index is 13.2. The summed E-state index contributed by atoms with van der Waals surface area (Å²) in [5.74, 6) is -1.91. The number of anilines is 3. The van der Waals surface area contributed by atoms with Gasteiger partial charge < -0.3 is 10.6 Å². The third-order valence-corrected chi connectivity index (χ3v) is 3.47. The van der Waals surface area contributed by atoms with Gasteiger partial charge in [-0.3, -0.25) is 4.79 Å². The summed E-state index contributed by atoms with van der Waals surface area (Å²) in [6, 6.07) is 15.0. The van der Waals surface area contributed by atoms with E-state index < -0.39 is 11.6 Å².